The molecule has 154 valence electrons. The van der Waals surface area contributed by atoms with E-state index in [1.807, 2.05) is 0 Å². The molecule has 2 aliphatic heterocycles. The lowest BCUT2D eigenvalue weighted by Crippen LogP contribution is -2.36. The summed E-state index contributed by atoms with van der Waals surface area (Å²) in [7, 11) is 3.71. The molecule has 0 bridgehead atoms. The molecule has 0 fully saturated rings. The highest BCUT2D eigenvalue weighted by atomic mass is 16.7. The van der Waals surface area contributed by atoms with Crippen LogP contribution in [0.5, 0.6) is 11.5 Å². The highest BCUT2D eigenvalue weighted by Gasteiger charge is 2.45. The Morgan fingerprint density at radius 1 is 1.00 bits per heavy atom. The summed E-state index contributed by atoms with van der Waals surface area (Å²) >= 11 is 0. The maximum Gasteiger partial charge on any atom is 0.342 e. The minimum Gasteiger partial charge on any atom is -0.468 e. The summed E-state index contributed by atoms with van der Waals surface area (Å²) in [5.41, 5.74) is 1.40. The summed E-state index contributed by atoms with van der Waals surface area (Å²) in [5.74, 6) is -3.22. The fraction of sp³-hybridized carbons (Fsp3) is 0.400. The number of nitrogens with zero attached hydrogens (tertiary/aromatic N) is 1. The highest BCUT2D eigenvalue weighted by Crippen LogP contribution is 2.46. The van der Waals surface area contributed by atoms with E-state index in [0.29, 0.717) is 22.7 Å². The topological polar surface area (TPSA) is 110 Å². The number of hydrogen-bond acceptors (Lipinski definition) is 9. The van der Waals surface area contributed by atoms with Gasteiger partial charge >= 0.3 is 17.9 Å². The SMILES string of the molecule is COC(=O)C1=C(C)N=C(C)C(C(=O)OC)C1c1ccc2c(c1C(=O)OC)OCO2. The van der Waals surface area contributed by atoms with Gasteiger partial charge in [0.1, 0.15) is 11.5 Å². The molecule has 9 heteroatoms. The molecule has 0 aromatic heterocycles. The van der Waals surface area contributed by atoms with E-state index in [2.05, 4.69) is 4.99 Å². The van der Waals surface area contributed by atoms with Crippen LogP contribution < -0.4 is 9.47 Å². The number of allylic oxidation sites excluding steroid dienone is 1. The van der Waals surface area contributed by atoms with Crippen molar-refractivity contribution in [1.82, 2.24) is 0 Å². The molecule has 29 heavy (non-hydrogen) atoms. The van der Waals surface area contributed by atoms with Crippen LogP contribution in [0.15, 0.2) is 28.4 Å². The van der Waals surface area contributed by atoms with E-state index in [1.54, 1.807) is 26.0 Å². The average molecular weight is 403 g/mol. The third-order valence-corrected chi connectivity index (χ3v) is 4.98. The van der Waals surface area contributed by atoms with Gasteiger partial charge in [0, 0.05) is 17.3 Å². The van der Waals surface area contributed by atoms with Crippen LogP contribution in [-0.4, -0.2) is 51.7 Å². The van der Waals surface area contributed by atoms with Gasteiger partial charge in [-0.2, -0.15) is 0 Å². The summed E-state index contributed by atoms with van der Waals surface area (Å²) in [6.45, 7) is 3.24. The Morgan fingerprint density at radius 3 is 2.31 bits per heavy atom. The second-order valence-corrected chi connectivity index (χ2v) is 6.48. The standard InChI is InChI=1S/C20H21NO8/c1-9-13(18(22)25-3)15(14(10(2)21-9)19(23)26-4)11-6-7-12-17(29-8-28-12)16(11)20(24)27-5/h6-7,13,15H,8H2,1-5H3. The Labute approximate surface area is 167 Å². The first kappa shape index (κ1) is 20.4. The zero-order valence-corrected chi connectivity index (χ0v) is 16.7. The number of fused-ring (bicyclic) bond motifs is 1. The molecular formula is C20H21NO8. The van der Waals surface area contributed by atoms with Crippen LogP contribution in [0.1, 0.15) is 35.7 Å². The van der Waals surface area contributed by atoms with E-state index in [0.717, 1.165) is 0 Å². The minimum absolute atomic E-state index is 0.0624. The molecule has 0 saturated carbocycles. The maximum atomic E-state index is 12.7. The fourth-order valence-corrected chi connectivity index (χ4v) is 3.74. The molecule has 2 atom stereocenters. The van der Waals surface area contributed by atoms with Crippen molar-refractivity contribution in [2.45, 2.75) is 19.8 Å². The number of benzene rings is 1. The Bertz CT molecular complexity index is 946. The normalized spacial score (nSPS) is 20.1. The van der Waals surface area contributed by atoms with Gasteiger partial charge in [0.25, 0.3) is 0 Å². The molecule has 3 rings (SSSR count). The summed E-state index contributed by atoms with van der Waals surface area (Å²) in [6, 6.07) is 3.22. The molecule has 1 aromatic carbocycles. The molecular weight excluding hydrogens is 382 g/mol. The highest BCUT2D eigenvalue weighted by molar-refractivity contribution is 6.08. The molecule has 2 unspecified atom stereocenters. The molecule has 2 heterocycles. The first-order chi connectivity index (χ1) is 13.8. The largest absolute Gasteiger partial charge is 0.468 e. The monoisotopic (exact) mass is 403 g/mol. The second-order valence-electron chi connectivity index (χ2n) is 6.48. The number of aliphatic imine (C=N–C) groups is 1. The van der Waals surface area contributed by atoms with E-state index >= 15 is 0 Å². The Morgan fingerprint density at radius 2 is 1.69 bits per heavy atom. The molecule has 0 spiro atoms. The van der Waals surface area contributed by atoms with Crippen molar-refractivity contribution in [2.75, 3.05) is 28.1 Å². The zero-order valence-electron chi connectivity index (χ0n) is 16.7. The predicted octanol–water partition coefficient (Wildman–Crippen LogP) is 2.00. The smallest absolute Gasteiger partial charge is 0.342 e. The van der Waals surface area contributed by atoms with Crippen LogP contribution in [0.2, 0.25) is 0 Å². The lowest BCUT2D eigenvalue weighted by Gasteiger charge is -2.32. The van der Waals surface area contributed by atoms with Gasteiger partial charge in [-0.1, -0.05) is 6.07 Å². The zero-order chi connectivity index (χ0) is 21.3. The molecule has 0 aliphatic carbocycles. The quantitative estimate of drug-likeness (QED) is 0.555. The second kappa shape index (κ2) is 7.94. The summed E-state index contributed by atoms with van der Waals surface area (Å²) in [5, 5.41) is 0. The van der Waals surface area contributed by atoms with Crippen LogP contribution in [0.25, 0.3) is 0 Å². The van der Waals surface area contributed by atoms with Gasteiger partial charge in [0.15, 0.2) is 11.5 Å². The van der Waals surface area contributed by atoms with E-state index in [-0.39, 0.29) is 23.7 Å². The van der Waals surface area contributed by atoms with Gasteiger partial charge in [-0.3, -0.25) is 9.79 Å². The van der Waals surface area contributed by atoms with Crippen molar-refractivity contribution in [3.05, 3.63) is 34.5 Å². The number of esters is 3. The van der Waals surface area contributed by atoms with E-state index in [9.17, 15) is 14.4 Å². The molecule has 0 N–H and O–H groups in total. The van der Waals surface area contributed by atoms with Gasteiger partial charge in [-0.05, 0) is 25.5 Å². The first-order valence-corrected chi connectivity index (χ1v) is 8.78. The number of methoxy groups -OCH3 is 3. The Kier molecular flexibility index (Phi) is 5.58. The van der Waals surface area contributed by atoms with Gasteiger partial charge in [-0.25, -0.2) is 9.59 Å². The number of carbonyl (C=O) groups is 3. The van der Waals surface area contributed by atoms with Crippen molar-refractivity contribution >= 4 is 23.6 Å². The van der Waals surface area contributed by atoms with Gasteiger partial charge in [-0.15, -0.1) is 0 Å². The molecule has 0 radical (unpaired) electrons. The van der Waals surface area contributed by atoms with E-state index in [1.165, 1.54) is 21.3 Å². The summed E-state index contributed by atoms with van der Waals surface area (Å²) in [4.78, 5) is 42.3. The van der Waals surface area contributed by atoms with Crippen LogP contribution in [-0.2, 0) is 23.8 Å². The number of hydrogen-bond donors (Lipinski definition) is 0. The van der Waals surface area contributed by atoms with Crippen molar-refractivity contribution in [3.8, 4) is 11.5 Å². The number of ether oxygens (including phenoxy) is 5. The van der Waals surface area contributed by atoms with Gasteiger partial charge < -0.3 is 23.7 Å². The van der Waals surface area contributed by atoms with Crippen LogP contribution in [0, 0.1) is 5.92 Å². The molecule has 1 aromatic rings. The molecule has 9 nitrogen and oxygen atoms in total. The minimum atomic E-state index is -0.943. The third-order valence-electron chi connectivity index (χ3n) is 4.98. The van der Waals surface area contributed by atoms with Crippen LogP contribution in [0.4, 0.5) is 0 Å². The van der Waals surface area contributed by atoms with Gasteiger partial charge in [0.2, 0.25) is 6.79 Å². The third kappa shape index (κ3) is 3.32. The first-order valence-electron chi connectivity index (χ1n) is 8.78. The number of carbonyl (C=O) groups excluding carboxylic acids is 3. The van der Waals surface area contributed by atoms with Crippen LogP contribution >= 0.6 is 0 Å². The molecule has 0 amide bonds. The summed E-state index contributed by atoms with van der Waals surface area (Å²) < 4.78 is 25.7. The van der Waals surface area contributed by atoms with E-state index < -0.39 is 29.7 Å². The van der Waals surface area contributed by atoms with Crippen molar-refractivity contribution in [3.63, 3.8) is 0 Å². The van der Waals surface area contributed by atoms with Gasteiger partial charge in [0.05, 0.1) is 26.9 Å². The van der Waals surface area contributed by atoms with Crippen molar-refractivity contribution < 1.29 is 38.1 Å². The van der Waals surface area contributed by atoms with Crippen molar-refractivity contribution in [1.29, 1.82) is 0 Å². The lowest BCUT2D eigenvalue weighted by molar-refractivity contribution is -0.143. The van der Waals surface area contributed by atoms with E-state index in [4.69, 9.17) is 23.7 Å². The molecule has 0 saturated heterocycles. The summed E-state index contributed by atoms with van der Waals surface area (Å²) in [6.07, 6.45) is 0. The fourth-order valence-electron chi connectivity index (χ4n) is 3.74. The van der Waals surface area contributed by atoms with Crippen LogP contribution in [0.3, 0.4) is 0 Å². The lowest BCUT2D eigenvalue weighted by atomic mass is 9.74. The Hall–Kier alpha value is -3.36. The average Bonchev–Trinajstić information content (AvgIpc) is 3.19. The maximum absolute atomic E-state index is 12.7. The predicted molar refractivity (Wildman–Crippen MR) is 100.0 cm³/mol. The van der Waals surface area contributed by atoms with Crippen molar-refractivity contribution in [2.24, 2.45) is 10.9 Å². The number of rotatable bonds is 4. The molecule has 2 aliphatic rings. The Balaban J connectivity index is 2.32.